The molecule has 0 heterocycles. The van der Waals surface area contributed by atoms with Crippen LogP contribution in [0.2, 0.25) is 0 Å². The summed E-state index contributed by atoms with van der Waals surface area (Å²) in [6, 6.07) is 3.48. The van der Waals surface area contributed by atoms with Crippen LogP contribution in [-0.4, -0.2) is 10.3 Å². The first kappa shape index (κ1) is 11.8. The smallest absolute Gasteiger partial charge is 0.258 e. The minimum Gasteiger partial charge on any atom is -0.258 e. The quantitative estimate of drug-likeness (QED) is 0.479. The van der Waals surface area contributed by atoms with Crippen LogP contribution >= 0.6 is 15.9 Å². The molecule has 0 saturated carbocycles. The topological polar surface area (TPSA) is 43.1 Å². The molecule has 0 N–H and O–H groups in total. The maximum absolute atomic E-state index is 13.2. The Kier molecular flexibility index (Phi) is 4.42. The van der Waals surface area contributed by atoms with E-state index < -0.39 is 10.7 Å². The van der Waals surface area contributed by atoms with Crippen molar-refractivity contribution in [1.82, 2.24) is 0 Å². The zero-order valence-corrected chi connectivity index (χ0v) is 9.41. The molecule has 0 spiro atoms. The molecule has 1 aromatic rings. The minimum absolute atomic E-state index is 0.102. The summed E-state index contributed by atoms with van der Waals surface area (Å²) in [5.41, 5.74) is 0.139. The van der Waals surface area contributed by atoms with E-state index in [1.165, 1.54) is 6.07 Å². The summed E-state index contributed by atoms with van der Waals surface area (Å²) in [7, 11) is 0. The first-order chi connectivity index (χ1) is 7.15. The van der Waals surface area contributed by atoms with E-state index in [2.05, 4.69) is 15.9 Å². The van der Waals surface area contributed by atoms with Crippen LogP contribution in [0.5, 0.6) is 0 Å². The standard InChI is InChI=1S/C10H9BrFNO2/c11-6-2-1-3-8-7-9(13(14)15)4-5-10(8)12/h1,3-5,7H,2,6H2. The number of rotatable bonds is 4. The van der Waals surface area contributed by atoms with Crippen LogP contribution in [0.4, 0.5) is 10.1 Å². The number of halogens is 2. The Morgan fingerprint density at radius 2 is 2.27 bits per heavy atom. The molecule has 0 aliphatic carbocycles. The summed E-state index contributed by atoms with van der Waals surface area (Å²) in [5.74, 6) is -0.452. The van der Waals surface area contributed by atoms with Crippen LogP contribution in [-0.2, 0) is 0 Å². The normalized spacial score (nSPS) is 10.8. The predicted molar refractivity (Wildman–Crippen MR) is 60.5 cm³/mol. The number of allylic oxidation sites excluding steroid dienone is 1. The lowest BCUT2D eigenvalue weighted by molar-refractivity contribution is -0.384. The van der Waals surface area contributed by atoms with Gasteiger partial charge in [0.15, 0.2) is 0 Å². The van der Waals surface area contributed by atoms with Crippen molar-refractivity contribution < 1.29 is 9.31 Å². The van der Waals surface area contributed by atoms with Gasteiger partial charge in [-0.15, -0.1) is 0 Å². The summed E-state index contributed by atoms with van der Waals surface area (Å²) in [6.45, 7) is 0. The van der Waals surface area contributed by atoms with Gasteiger partial charge in [-0.1, -0.05) is 28.1 Å². The fourth-order valence-corrected chi connectivity index (χ4v) is 1.31. The van der Waals surface area contributed by atoms with Crippen molar-refractivity contribution in [1.29, 1.82) is 0 Å². The molecule has 80 valence electrons. The van der Waals surface area contributed by atoms with E-state index in [9.17, 15) is 14.5 Å². The molecule has 0 aliphatic rings. The molecule has 0 bridgehead atoms. The van der Waals surface area contributed by atoms with Gasteiger partial charge >= 0.3 is 0 Å². The summed E-state index contributed by atoms with van der Waals surface area (Å²) in [6.07, 6.45) is 4.06. The summed E-state index contributed by atoms with van der Waals surface area (Å²) < 4.78 is 13.2. The molecule has 3 nitrogen and oxygen atoms in total. The van der Waals surface area contributed by atoms with Crippen molar-refractivity contribution in [3.05, 3.63) is 45.8 Å². The van der Waals surface area contributed by atoms with Crippen molar-refractivity contribution in [2.45, 2.75) is 6.42 Å². The highest BCUT2D eigenvalue weighted by atomic mass is 79.9. The molecular weight excluding hydrogens is 265 g/mol. The fourth-order valence-electron chi connectivity index (χ4n) is 1.05. The Balaban J connectivity index is 2.95. The molecule has 0 fully saturated rings. The first-order valence-corrected chi connectivity index (χ1v) is 5.43. The van der Waals surface area contributed by atoms with E-state index >= 15 is 0 Å². The van der Waals surface area contributed by atoms with Crippen molar-refractivity contribution in [2.24, 2.45) is 0 Å². The van der Waals surface area contributed by atoms with Gasteiger partial charge in [-0.05, 0) is 12.5 Å². The second kappa shape index (κ2) is 5.60. The lowest BCUT2D eigenvalue weighted by Gasteiger charge is -1.96. The van der Waals surface area contributed by atoms with Crippen LogP contribution < -0.4 is 0 Å². The lowest BCUT2D eigenvalue weighted by atomic mass is 10.1. The van der Waals surface area contributed by atoms with E-state index in [4.69, 9.17) is 0 Å². The number of alkyl halides is 1. The molecule has 1 rings (SSSR count). The van der Waals surface area contributed by atoms with Crippen LogP contribution in [0.3, 0.4) is 0 Å². The Labute approximate surface area is 94.9 Å². The largest absolute Gasteiger partial charge is 0.270 e. The number of nitro groups is 1. The van der Waals surface area contributed by atoms with Gasteiger partial charge in [0.2, 0.25) is 0 Å². The van der Waals surface area contributed by atoms with E-state index in [0.29, 0.717) is 0 Å². The molecule has 1 aromatic carbocycles. The maximum Gasteiger partial charge on any atom is 0.270 e. The maximum atomic E-state index is 13.2. The zero-order chi connectivity index (χ0) is 11.3. The Bertz CT molecular complexity index is 393. The van der Waals surface area contributed by atoms with Gasteiger partial charge in [0, 0.05) is 23.0 Å². The third-order valence-corrected chi connectivity index (χ3v) is 2.22. The van der Waals surface area contributed by atoms with E-state index in [1.54, 1.807) is 12.2 Å². The molecule has 15 heavy (non-hydrogen) atoms. The molecule has 0 atom stereocenters. The van der Waals surface area contributed by atoms with Gasteiger partial charge in [-0.25, -0.2) is 4.39 Å². The van der Waals surface area contributed by atoms with Gasteiger partial charge in [-0.3, -0.25) is 10.1 Å². The van der Waals surface area contributed by atoms with Gasteiger partial charge in [0.25, 0.3) is 5.69 Å². The molecule has 5 heteroatoms. The van der Waals surface area contributed by atoms with Crippen molar-refractivity contribution in [3.63, 3.8) is 0 Å². The first-order valence-electron chi connectivity index (χ1n) is 4.31. The van der Waals surface area contributed by atoms with Crippen LogP contribution in [0.1, 0.15) is 12.0 Å². The van der Waals surface area contributed by atoms with Crippen LogP contribution in [0, 0.1) is 15.9 Å². The van der Waals surface area contributed by atoms with Gasteiger partial charge in [0.05, 0.1) is 4.92 Å². The Morgan fingerprint density at radius 1 is 1.53 bits per heavy atom. The Morgan fingerprint density at radius 3 is 2.87 bits per heavy atom. The van der Waals surface area contributed by atoms with Crippen LogP contribution in [0.15, 0.2) is 24.3 Å². The number of hydrogen-bond donors (Lipinski definition) is 0. The number of benzene rings is 1. The SMILES string of the molecule is O=[N+]([O-])c1ccc(F)c(C=CCCBr)c1. The Hall–Kier alpha value is -1.23. The van der Waals surface area contributed by atoms with Gasteiger partial charge in [0.1, 0.15) is 5.82 Å². The molecule has 0 saturated heterocycles. The molecule has 0 radical (unpaired) electrons. The van der Waals surface area contributed by atoms with Crippen molar-refractivity contribution in [3.8, 4) is 0 Å². The molecule has 0 unspecified atom stereocenters. The molecule has 0 amide bonds. The van der Waals surface area contributed by atoms with Crippen molar-refractivity contribution in [2.75, 3.05) is 5.33 Å². The summed E-state index contributed by atoms with van der Waals surface area (Å²) in [4.78, 5) is 9.91. The highest BCUT2D eigenvalue weighted by Crippen LogP contribution is 2.18. The van der Waals surface area contributed by atoms with E-state index in [-0.39, 0.29) is 11.3 Å². The van der Waals surface area contributed by atoms with Gasteiger partial charge < -0.3 is 0 Å². The second-order valence-corrected chi connectivity index (χ2v) is 3.64. The monoisotopic (exact) mass is 273 g/mol. The average Bonchev–Trinajstić information content (AvgIpc) is 2.20. The average molecular weight is 274 g/mol. The number of nitrogens with zero attached hydrogens (tertiary/aromatic N) is 1. The van der Waals surface area contributed by atoms with E-state index in [0.717, 1.165) is 23.9 Å². The molecule has 0 aliphatic heterocycles. The lowest BCUT2D eigenvalue weighted by Crippen LogP contribution is -1.90. The molecule has 0 aromatic heterocycles. The fraction of sp³-hybridized carbons (Fsp3) is 0.200. The highest BCUT2D eigenvalue weighted by molar-refractivity contribution is 9.09. The number of hydrogen-bond acceptors (Lipinski definition) is 2. The highest BCUT2D eigenvalue weighted by Gasteiger charge is 2.08. The summed E-state index contributed by atoms with van der Waals surface area (Å²) >= 11 is 3.23. The second-order valence-electron chi connectivity index (χ2n) is 2.84. The number of nitro benzene ring substituents is 1. The van der Waals surface area contributed by atoms with Crippen LogP contribution in [0.25, 0.3) is 6.08 Å². The summed E-state index contributed by atoms with van der Waals surface area (Å²) in [5, 5.41) is 11.2. The predicted octanol–water partition coefficient (Wildman–Crippen LogP) is 3.53. The van der Waals surface area contributed by atoms with E-state index in [1.807, 2.05) is 0 Å². The minimum atomic E-state index is -0.540. The third-order valence-electron chi connectivity index (χ3n) is 1.76. The zero-order valence-electron chi connectivity index (χ0n) is 7.82. The third kappa shape index (κ3) is 3.43. The van der Waals surface area contributed by atoms with Gasteiger partial charge in [-0.2, -0.15) is 0 Å². The van der Waals surface area contributed by atoms with Crippen molar-refractivity contribution >= 4 is 27.7 Å². The molecular formula is C10H9BrFNO2. The number of non-ortho nitro benzene ring substituents is 1.